The Bertz CT molecular complexity index is 1360. The molecule has 2 aromatic rings. The predicted molar refractivity (Wildman–Crippen MR) is 123 cm³/mol. The molecule has 170 valence electrons. The number of Topliss-reactive ketones (excluding diaryl/α,β-unsaturated/α-hetero) is 2. The molecule has 1 saturated heterocycles. The van der Waals surface area contributed by atoms with Crippen LogP contribution < -0.4 is 4.72 Å². The number of aliphatic hydroxyl groups is 1. The SMILES string of the molecule is CC1(C)[C@@H]2CC[C@]13CS(=O)(=O)N[C@@]31C(C(=O)c3ccccc3)=C(c3ccccc3)C(=O)[C@@]21O. The van der Waals surface area contributed by atoms with Gasteiger partial charge in [-0.05, 0) is 23.8 Å². The number of nitrogens with one attached hydrogen (secondary N) is 1. The number of ketones is 2. The Morgan fingerprint density at radius 1 is 1.03 bits per heavy atom. The number of hydrogen-bond acceptors (Lipinski definition) is 5. The zero-order valence-corrected chi connectivity index (χ0v) is 19.3. The molecule has 6 nitrogen and oxygen atoms in total. The van der Waals surface area contributed by atoms with Crippen LogP contribution in [0.1, 0.15) is 42.6 Å². The van der Waals surface area contributed by atoms with Crippen LogP contribution in [0.2, 0.25) is 0 Å². The van der Waals surface area contributed by atoms with Gasteiger partial charge in [0.2, 0.25) is 10.0 Å². The number of fused-ring (bicyclic) bond motifs is 2. The average molecular weight is 464 g/mol. The zero-order valence-electron chi connectivity index (χ0n) is 18.5. The fraction of sp³-hybridized carbons (Fsp3) is 0.385. The van der Waals surface area contributed by atoms with Gasteiger partial charge in [-0.2, -0.15) is 0 Å². The van der Waals surface area contributed by atoms with E-state index in [9.17, 15) is 23.1 Å². The number of benzene rings is 2. The monoisotopic (exact) mass is 463 g/mol. The maximum absolute atomic E-state index is 14.2. The number of carbonyl (C=O) groups excluding carboxylic acids is 2. The molecule has 0 aromatic heterocycles. The van der Waals surface area contributed by atoms with Gasteiger partial charge in [0, 0.05) is 28.0 Å². The van der Waals surface area contributed by atoms with E-state index >= 15 is 0 Å². The van der Waals surface area contributed by atoms with Gasteiger partial charge in [-0.1, -0.05) is 74.5 Å². The Morgan fingerprint density at radius 3 is 2.27 bits per heavy atom. The lowest BCUT2D eigenvalue weighted by molar-refractivity contribution is -0.143. The van der Waals surface area contributed by atoms with Crippen molar-refractivity contribution >= 4 is 27.2 Å². The van der Waals surface area contributed by atoms with E-state index in [1.54, 1.807) is 54.6 Å². The molecule has 2 N–H and O–H groups in total. The Hall–Kier alpha value is -2.61. The van der Waals surface area contributed by atoms with Crippen molar-refractivity contribution < 1.29 is 23.1 Å². The summed E-state index contributed by atoms with van der Waals surface area (Å²) in [6, 6.07) is 17.4. The topological polar surface area (TPSA) is 101 Å². The van der Waals surface area contributed by atoms with Gasteiger partial charge in [-0.3, -0.25) is 9.59 Å². The highest BCUT2D eigenvalue weighted by atomic mass is 32.2. The number of rotatable bonds is 3. The molecule has 2 bridgehead atoms. The first-order valence-corrected chi connectivity index (χ1v) is 12.9. The quantitative estimate of drug-likeness (QED) is 0.682. The third-order valence-electron chi connectivity index (χ3n) is 9.03. The first-order valence-electron chi connectivity index (χ1n) is 11.2. The lowest BCUT2D eigenvalue weighted by atomic mass is 9.58. The van der Waals surface area contributed by atoms with Crippen molar-refractivity contribution in [3.63, 3.8) is 0 Å². The molecule has 1 aliphatic heterocycles. The summed E-state index contributed by atoms with van der Waals surface area (Å²) < 4.78 is 29.1. The summed E-state index contributed by atoms with van der Waals surface area (Å²) in [5.41, 5.74) is -4.29. The summed E-state index contributed by atoms with van der Waals surface area (Å²) in [6.45, 7) is 3.87. The molecule has 7 heteroatoms. The Morgan fingerprint density at radius 2 is 1.64 bits per heavy atom. The van der Waals surface area contributed by atoms with Crippen molar-refractivity contribution in [3.8, 4) is 0 Å². The fourth-order valence-corrected chi connectivity index (χ4v) is 10.1. The summed E-state index contributed by atoms with van der Waals surface area (Å²) in [5, 5.41) is 12.3. The van der Waals surface area contributed by atoms with Gasteiger partial charge in [-0.15, -0.1) is 0 Å². The molecule has 2 saturated carbocycles. The van der Waals surface area contributed by atoms with Gasteiger partial charge < -0.3 is 5.11 Å². The van der Waals surface area contributed by atoms with Gasteiger partial charge in [-0.25, -0.2) is 13.1 Å². The summed E-state index contributed by atoms with van der Waals surface area (Å²) in [7, 11) is -3.85. The molecule has 4 aliphatic rings. The highest BCUT2D eigenvalue weighted by Crippen LogP contribution is 2.79. The van der Waals surface area contributed by atoms with Crippen molar-refractivity contribution in [1.82, 2.24) is 4.72 Å². The van der Waals surface area contributed by atoms with Crippen LogP contribution in [0, 0.1) is 16.7 Å². The number of hydrogen-bond donors (Lipinski definition) is 2. The molecule has 2 spiro atoms. The summed E-state index contributed by atoms with van der Waals surface area (Å²) in [6.07, 6.45) is 1.04. The second-order valence-electron chi connectivity index (χ2n) is 10.4. The van der Waals surface area contributed by atoms with Crippen LogP contribution in [0.3, 0.4) is 0 Å². The van der Waals surface area contributed by atoms with Crippen molar-refractivity contribution in [3.05, 3.63) is 77.4 Å². The average Bonchev–Trinajstić information content (AvgIpc) is 3.32. The first-order chi connectivity index (χ1) is 15.5. The van der Waals surface area contributed by atoms with Crippen LogP contribution in [-0.2, 0) is 14.8 Å². The van der Waals surface area contributed by atoms with Crippen LogP contribution in [0.15, 0.2) is 66.2 Å². The smallest absolute Gasteiger partial charge is 0.213 e. The lowest BCUT2D eigenvalue weighted by Gasteiger charge is -2.47. The van der Waals surface area contributed by atoms with Crippen LogP contribution in [0.25, 0.3) is 5.57 Å². The Balaban J connectivity index is 1.76. The van der Waals surface area contributed by atoms with E-state index in [-0.39, 0.29) is 16.9 Å². The number of sulfonamides is 1. The summed E-state index contributed by atoms with van der Waals surface area (Å²) in [4.78, 5) is 28.3. The maximum Gasteiger partial charge on any atom is 0.213 e. The van der Waals surface area contributed by atoms with Crippen molar-refractivity contribution in [2.24, 2.45) is 16.7 Å². The van der Waals surface area contributed by atoms with Crippen LogP contribution in [0.4, 0.5) is 0 Å². The minimum atomic E-state index is -3.85. The van der Waals surface area contributed by atoms with E-state index < -0.39 is 49.5 Å². The molecule has 2 aromatic carbocycles. The first kappa shape index (κ1) is 21.0. The lowest BCUT2D eigenvalue weighted by Crippen LogP contribution is -2.68. The molecule has 3 fully saturated rings. The van der Waals surface area contributed by atoms with E-state index in [4.69, 9.17) is 0 Å². The number of carbonyl (C=O) groups is 2. The highest BCUT2D eigenvalue weighted by molar-refractivity contribution is 7.89. The van der Waals surface area contributed by atoms with Crippen molar-refractivity contribution in [2.45, 2.75) is 37.8 Å². The Kier molecular flexibility index (Phi) is 3.87. The molecule has 0 radical (unpaired) electrons. The minimum absolute atomic E-state index is 0.0868. The maximum atomic E-state index is 14.2. The van der Waals surface area contributed by atoms with Crippen molar-refractivity contribution in [2.75, 3.05) is 5.75 Å². The Labute approximate surface area is 192 Å². The molecule has 33 heavy (non-hydrogen) atoms. The molecular formula is C26H25NO5S. The fourth-order valence-electron chi connectivity index (χ4n) is 7.77. The van der Waals surface area contributed by atoms with E-state index in [0.29, 0.717) is 24.0 Å². The third-order valence-corrected chi connectivity index (χ3v) is 10.5. The molecular weight excluding hydrogens is 438 g/mol. The second kappa shape index (κ2) is 6.09. The van der Waals surface area contributed by atoms with Crippen molar-refractivity contribution in [1.29, 1.82) is 0 Å². The molecule has 4 atom stereocenters. The molecule has 6 rings (SSSR count). The molecule has 1 heterocycles. The van der Waals surface area contributed by atoms with E-state index in [1.807, 2.05) is 19.9 Å². The highest BCUT2D eigenvalue weighted by Gasteiger charge is 2.90. The minimum Gasteiger partial charge on any atom is -0.379 e. The third kappa shape index (κ3) is 2.10. The van der Waals surface area contributed by atoms with E-state index in [2.05, 4.69) is 4.72 Å². The summed E-state index contributed by atoms with van der Waals surface area (Å²) >= 11 is 0. The van der Waals surface area contributed by atoms with E-state index in [0.717, 1.165) is 0 Å². The largest absolute Gasteiger partial charge is 0.379 e. The predicted octanol–water partition coefficient (Wildman–Crippen LogP) is 2.74. The van der Waals surface area contributed by atoms with Crippen LogP contribution in [0.5, 0.6) is 0 Å². The van der Waals surface area contributed by atoms with E-state index in [1.165, 1.54) is 0 Å². The second-order valence-corrected chi connectivity index (χ2v) is 12.1. The van der Waals surface area contributed by atoms with Crippen LogP contribution >= 0.6 is 0 Å². The normalized spacial score (nSPS) is 37.3. The standard InChI is InChI=1S/C26H25NO5S/c1-23(2)18-13-14-24(23)15-33(31,32)27-26(24)20(21(28)17-11-7-4-8-12-17)19(22(29)25(18,26)30)16-9-5-3-6-10-16/h3-12,18,27,30H,13-15H2,1-2H3/t18-,24-,25-,26-/m0/s1. The van der Waals surface area contributed by atoms with Gasteiger partial charge in [0.25, 0.3) is 0 Å². The molecule has 0 unspecified atom stereocenters. The van der Waals surface area contributed by atoms with Crippen LogP contribution in [-0.4, -0.2) is 42.0 Å². The van der Waals surface area contributed by atoms with Gasteiger partial charge in [0.15, 0.2) is 17.2 Å². The molecule has 3 aliphatic carbocycles. The summed E-state index contributed by atoms with van der Waals surface area (Å²) in [5.74, 6) is -1.67. The van der Waals surface area contributed by atoms with Gasteiger partial charge in [0.1, 0.15) is 5.54 Å². The van der Waals surface area contributed by atoms with Gasteiger partial charge in [0.05, 0.1) is 5.75 Å². The molecule has 0 amide bonds. The van der Waals surface area contributed by atoms with Gasteiger partial charge >= 0.3 is 0 Å². The zero-order chi connectivity index (χ0) is 23.4.